The highest BCUT2D eigenvalue weighted by atomic mass is 33.1. The quantitative estimate of drug-likeness (QED) is 0.0730. The molecule has 4 aromatic carbocycles. The van der Waals surface area contributed by atoms with Crippen LogP contribution in [0, 0.1) is 11.8 Å². The average Bonchev–Trinajstić information content (AvgIpc) is 3.17. The van der Waals surface area contributed by atoms with E-state index in [0.29, 0.717) is 11.8 Å². The molecule has 6 heteroatoms. The van der Waals surface area contributed by atoms with Gasteiger partial charge in [0.05, 0.1) is 0 Å². The fourth-order valence-electron chi connectivity index (χ4n) is 8.05. The van der Waals surface area contributed by atoms with Crippen LogP contribution in [0.1, 0.15) is 73.6 Å². The molecule has 2 fully saturated rings. The van der Waals surface area contributed by atoms with Crippen molar-refractivity contribution in [2.75, 3.05) is 26.2 Å². The zero-order valence-corrected chi connectivity index (χ0v) is 31.5. The van der Waals surface area contributed by atoms with Crippen molar-refractivity contribution in [1.29, 1.82) is 0 Å². The van der Waals surface area contributed by atoms with Gasteiger partial charge in [-0.15, -0.1) is 0 Å². The van der Waals surface area contributed by atoms with Crippen molar-refractivity contribution in [3.63, 3.8) is 0 Å². The molecule has 4 N–H and O–H groups in total. The highest BCUT2D eigenvalue weighted by molar-refractivity contribution is 8.77. The standard InChI is InChI=1S/C44H58N4S2/c1-5-17-37(18-6-1)29-45-33-41-25-13-15-27-43(41,35-47-31-39-21-9-3-10-22-39)49-50-44(36-48-32-40-23-11-4-12-24-40)28-16-14-26-42(44)34-46-30-38-19-7-2-8-20-38/h1-12,17-24,41-42,45-48H,13-16,25-36H2. The zero-order chi connectivity index (χ0) is 34.2. The van der Waals surface area contributed by atoms with Crippen LogP contribution in [-0.4, -0.2) is 35.7 Å². The van der Waals surface area contributed by atoms with Crippen LogP contribution < -0.4 is 21.3 Å². The third-order valence-corrected chi connectivity index (χ3v) is 15.3. The Hall–Kier alpha value is -2.58. The molecule has 50 heavy (non-hydrogen) atoms. The molecule has 0 spiro atoms. The fraction of sp³-hybridized carbons (Fsp3) is 0.455. The van der Waals surface area contributed by atoms with Crippen LogP contribution in [0.2, 0.25) is 0 Å². The van der Waals surface area contributed by atoms with E-state index in [0.717, 1.165) is 52.4 Å². The van der Waals surface area contributed by atoms with Gasteiger partial charge in [0.1, 0.15) is 0 Å². The molecule has 0 amide bonds. The Kier molecular flexibility index (Phi) is 14.8. The summed E-state index contributed by atoms with van der Waals surface area (Å²) in [5.41, 5.74) is 5.48. The lowest BCUT2D eigenvalue weighted by Crippen LogP contribution is -2.52. The summed E-state index contributed by atoms with van der Waals surface area (Å²) >= 11 is 0. The van der Waals surface area contributed by atoms with E-state index in [1.807, 2.05) is 0 Å². The largest absolute Gasteiger partial charge is 0.312 e. The zero-order valence-electron chi connectivity index (χ0n) is 29.8. The van der Waals surface area contributed by atoms with E-state index in [-0.39, 0.29) is 9.49 Å². The van der Waals surface area contributed by atoms with Gasteiger partial charge in [0.2, 0.25) is 0 Å². The van der Waals surface area contributed by atoms with Crippen LogP contribution in [0.4, 0.5) is 0 Å². The monoisotopic (exact) mass is 706 g/mol. The predicted molar refractivity (Wildman–Crippen MR) is 217 cm³/mol. The molecule has 0 saturated heterocycles. The van der Waals surface area contributed by atoms with Gasteiger partial charge in [-0.2, -0.15) is 0 Å². The molecule has 0 bridgehead atoms. The van der Waals surface area contributed by atoms with E-state index in [1.54, 1.807) is 0 Å². The second kappa shape index (κ2) is 19.9. The Morgan fingerprint density at radius 2 is 0.740 bits per heavy atom. The maximum Gasteiger partial charge on any atom is 0.0428 e. The van der Waals surface area contributed by atoms with Gasteiger partial charge in [0.25, 0.3) is 0 Å². The number of benzene rings is 4. The molecule has 2 aliphatic rings. The van der Waals surface area contributed by atoms with Crippen molar-refractivity contribution >= 4 is 21.6 Å². The first-order valence-electron chi connectivity index (χ1n) is 19.1. The Morgan fingerprint density at radius 3 is 1.08 bits per heavy atom. The minimum absolute atomic E-state index is 0.174. The van der Waals surface area contributed by atoms with Crippen molar-refractivity contribution in [3.05, 3.63) is 144 Å². The van der Waals surface area contributed by atoms with Crippen LogP contribution in [-0.2, 0) is 26.2 Å². The number of rotatable bonds is 19. The summed E-state index contributed by atoms with van der Waals surface area (Å²) < 4.78 is 0.348. The highest BCUT2D eigenvalue weighted by Gasteiger charge is 2.47. The first-order chi connectivity index (χ1) is 24.7. The van der Waals surface area contributed by atoms with E-state index < -0.39 is 0 Å². The third kappa shape index (κ3) is 11.0. The summed E-state index contributed by atoms with van der Waals surface area (Å²) in [6, 6.07) is 43.7. The lowest BCUT2D eigenvalue weighted by molar-refractivity contribution is 0.253. The molecule has 4 nitrogen and oxygen atoms in total. The van der Waals surface area contributed by atoms with Gasteiger partial charge in [0.15, 0.2) is 0 Å². The molecule has 4 unspecified atom stereocenters. The van der Waals surface area contributed by atoms with Crippen molar-refractivity contribution in [2.45, 2.75) is 87.0 Å². The number of nitrogens with one attached hydrogen (secondary N) is 4. The van der Waals surface area contributed by atoms with Gasteiger partial charge in [-0.3, -0.25) is 0 Å². The summed E-state index contributed by atoms with van der Waals surface area (Å²) in [5, 5.41) is 15.8. The van der Waals surface area contributed by atoms with E-state index in [2.05, 4.69) is 164 Å². The molecule has 4 aromatic rings. The second-order valence-corrected chi connectivity index (χ2v) is 17.6. The minimum Gasteiger partial charge on any atom is -0.312 e. The van der Waals surface area contributed by atoms with Crippen molar-refractivity contribution in [3.8, 4) is 0 Å². The second-order valence-electron chi connectivity index (χ2n) is 14.6. The van der Waals surface area contributed by atoms with Gasteiger partial charge < -0.3 is 21.3 Å². The van der Waals surface area contributed by atoms with E-state index in [9.17, 15) is 0 Å². The first kappa shape index (κ1) is 37.2. The lowest BCUT2D eigenvalue weighted by atomic mass is 9.78. The van der Waals surface area contributed by atoms with Crippen molar-refractivity contribution in [1.82, 2.24) is 21.3 Å². The molecule has 2 aliphatic carbocycles. The summed E-state index contributed by atoms with van der Waals surface area (Å²) in [5.74, 6) is 1.24. The van der Waals surface area contributed by atoms with E-state index >= 15 is 0 Å². The Bertz CT molecular complexity index is 1380. The number of hydrogen-bond acceptors (Lipinski definition) is 6. The van der Waals surface area contributed by atoms with E-state index in [1.165, 1.54) is 73.6 Å². The maximum atomic E-state index is 3.99. The molecule has 6 rings (SSSR count). The maximum absolute atomic E-state index is 3.99. The summed E-state index contributed by atoms with van der Waals surface area (Å²) in [7, 11) is 4.53. The molecular weight excluding hydrogens is 649 g/mol. The van der Waals surface area contributed by atoms with Crippen LogP contribution in [0.5, 0.6) is 0 Å². The number of hydrogen-bond donors (Lipinski definition) is 4. The lowest BCUT2D eigenvalue weighted by Gasteiger charge is -2.49. The first-order valence-corrected chi connectivity index (χ1v) is 21.2. The molecule has 2 saturated carbocycles. The van der Waals surface area contributed by atoms with Crippen molar-refractivity contribution in [2.24, 2.45) is 11.8 Å². The summed E-state index contributed by atoms with van der Waals surface area (Å²) in [6.07, 6.45) is 10.4. The predicted octanol–water partition coefficient (Wildman–Crippen LogP) is 9.39. The van der Waals surface area contributed by atoms with Gasteiger partial charge in [0, 0.05) is 48.8 Å². The smallest absolute Gasteiger partial charge is 0.0428 e. The van der Waals surface area contributed by atoms with Gasteiger partial charge in [-0.05, 0) is 72.9 Å². The Morgan fingerprint density at radius 1 is 0.420 bits per heavy atom. The Balaban J connectivity index is 1.20. The average molecular weight is 707 g/mol. The molecule has 0 aliphatic heterocycles. The third-order valence-electron chi connectivity index (χ3n) is 11.0. The molecular formula is C44H58N4S2. The van der Waals surface area contributed by atoms with E-state index in [4.69, 9.17) is 0 Å². The Labute approximate surface area is 310 Å². The van der Waals surface area contributed by atoms with Gasteiger partial charge >= 0.3 is 0 Å². The van der Waals surface area contributed by atoms with Crippen LogP contribution in [0.25, 0.3) is 0 Å². The minimum atomic E-state index is 0.174. The highest BCUT2D eigenvalue weighted by Crippen LogP contribution is 2.57. The molecule has 0 aromatic heterocycles. The molecule has 4 atom stereocenters. The SMILES string of the molecule is c1ccc(CNCC2CCCCC2(CNCc2ccccc2)SSC2(CNCc3ccccc3)CCCCC2CNCc2ccccc2)cc1. The van der Waals surface area contributed by atoms with Crippen LogP contribution in [0.3, 0.4) is 0 Å². The molecule has 266 valence electrons. The van der Waals surface area contributed by atoms with Crippen molar-refractivity contribution < 1.29 is 0 Å². The topological polar surface area (TPSA) is 48.1 Å². The van der Waals surface area contributed by atoms with Gasteiger partial charge in [-0.1, -0.05) is 169 Å². The van der Waals surface area contributed by atoms with Gasteiger partial charge in [-0.25, -0.2) is 0 Å². The van der Waals surface area contributed by atoms with Crippen LogP contribution >= 0.6 is 21.6 Å². The fourth-order valence-corrected chi connectivity index (χ4v) is 12.5. The summed E-state index contributed by atoms with van der Waals surface area (Å²) in [6.45, 7) is 7.94. The summed E-state index contributed by atoms with van der Waals surface area (Å²) in [4.78, 5) is 0. The molecule has 0 heterocycles. The molecule has 0 radical (unpaired) electrons. The van der Waals surface area contributed by atoms with Crippen LogP contribution in [0.15, 0.2) is 121 Å². The normalized spacial score (nSPS) is 23.8.